The molecule has 0 saturated heterocycles. The maximum atomic E-state index is 12.1. The molecular formula is C22H29N3O3. The van der Waals surface area contributed by atoms with Gasteiger partial charge in [-0.25, -0.2) is 4.79 Å². The molecule has 3 N–H and O–H groups in total. The Bertz CT molecular complexity index is 792. The monoisotopic (exact) mass is 383 g/mol. The first-order valence-corrected chi connectivity index (χ1v) is 9.86. The summed E-state index contributed by atoms with van der Waals surface area (Å²) >= 11 is 0. The van der Waals surface area contributed by atoms with Crippen molar-refractivity contribution in [3.05, 3.63) is 53.6 Å². The van der Waals surface area contributed by atoms with Gasteiger partial charge in [0.25, 0.3) is 0 Å². The van der Waals surface area contributed by atoms with Gasteiger partial charge in [-0.2, -0.15) is 0 Å². The lowest BCUT2D eigenvalue weighted by Crippen LogP contribution is -2.32. The fourth-order valence-corrected chi connectivity index (χ4v) is 3.25. The Morgan fingerprint density at radius 2 is 2.04 bits per heavy atom. The average Bonchev–Trinajstić information content (AvgIpc) is 3.08. The van der Waals surface area contributed by atoms with E-state index in [0.717, 1.165) is 37.1 Å². The van der Waals surface area contributed by atoms with E-state index in [1.807, 2.05) is 30.3 Å². The smallest absolute Gasteiger partial charge is 0.319 e. The second-order valence-electron chi connectivity index (χ2n) is 7.14. The van der Waals surface area contributed by atoms with Gasteiger partial charge in [0.2, 0.25) is 0 Å². The number of ether oxygens (including phenoxy) is 1. The first-order chi connectivity index (χ1) is 13.6. The molecule has 3 rings (SSSR count). The Morgan fingerprint density at radius 3 is 2.79 bits per heavy atom. The van der Waals surface area contributed by atoms with Crippen LogP contribution in [0.5, 0.6) is 5.75 Å². The fraction of sp³-hybridized carbons (Fsp3) is 0.409. The number of rotatable bonds is 8. The van der Waals surface area contributed by atoms with Crippen molar-refractivity contribution in [2.75, 3.05) is 37.0 Å². The van der Waals surface area contributed by atoms with Gasteiger partial charge in [0, 0.05) is 31.5 Å². The third-order valence-corrected chi connectivity index (χ3v) is 4.95. The molecule has 28 heavy (non-hydrogen) atoms. The van der Waals surface area contributed by atoms with Crippen molar-refractivity contribution in [3.63, 3.8) is 0 Å². The molecule has 0 bridgehead atoms. The summed E-state index contributed by atoms with van der Waals surface area (Å²) in [5.41, 5.74) is 3.95. The van der Waals surface area contributed by atoms with Crippen LogP contribution >= 0.6 is 0 Å². The molecule has 150 valence electrons. The number of benzene rings is 2. The number of hydrogen-bond acceptors (Lipinski definition) is 4. The molecule has 1 heterocycles. The lowest BCUT2D eigenvalue weighted by atomic mass is 10.0. The van der Waals surface area contributed by atoms with Crippen LogP contribution in [0.3, 0.4) is 0 Å². The van der Waals surface area contributed by atoms with E-state index in [2.05, 4.69) is 29.5 Å². The lowest BCUT2D eigenvalue weighted by molar-refractivity contribution is 0.175. The van der Waals surface area contributed by atoms with Gasteiger partial charge in [-0.3, -0.25) is 0 Å². The van der Waals surface area contributed by atoms with Crippen LogP contribution in [0.1, 0.15) is 37.0 Å². The molecule has 2 aromatic rings. The van der Waals surface area contributed by atoms with E-state index in [-0.39, 0.29) is 12.6 Å². The number of aliphatic hydroxyl groups is 1. The maximum Gasteiger partial charge on any atom is 0.319 e. The van der Waals surface area contributed by atoms with Crippen molar-refractivity contribution in [3.8, 4) is 5.75 Å². The van der Waals surface area contributed by atoms with E-state index in [0.29, 0.717) is 12.3 Å². The standard InChI is InChI=1S/C22H29N3O3/c1-3-4-13-28-19-8-6-18(7-9-19)24-22(27)23-15-21(26)17-5-10-20-16(14-17)11-12-25(20)2/h5-10,14,21,26H,3-4,11-13,15H2,1-2H3,(H2,23,24,27). The van der Waals surface area contributed by atoms with E-state index in [9.17, 15) is 9.90 Å². The second kappa shape index (κ2) is 9.46. The molecule has 0 radical (unpaired) electrons. The maximum absolute atomic E-state index is 12.1. The molecule has 1 aliphatic rings. The van der Waals surface area contributed by atoms with Crippen molar-refractivity contribution in [2.24, 2.45) is 0 Å². The number of nitrogens with one attached hydrogen (secondary N) is 2. The van der Waals surface area contributed by atoms with Gasteiger partial charge in [-0.05, 0) is 54.3 Å². The minimum Gasteiger partial charge on any atom is -0.494 e. The normalized spacial score (nSPS) is 13.8. The number of urea groups is 1. The van der Waals surface area contributed by atoms with Gasteiger partial charge in [-0.1, -0.05) is 25.5 Å². The van der Waals surface area contributed by atoms with Crippen LogP contribution in [0, 0.1) is 0 Å². The SMILES string of the molecule is CCCCOc1ccc(NC(=O)NCC(O)c2ccc3c(c2)CCN3C)cc1. The molecule has 0 aliphatic carbocycles. The number of hydrogen-bond donors (Lipinski definition) is 3. The quantitative estimate of drug-likeness (QED) is 0.608. The first-order valence-electron chi connectivity index (χ1n) is 9.86. The van der Waals surface area contributed by atoms with E-state index < -0.39 is 6.10 Å². The molecule has 1 atom stereocenters. The second-order valence-corrected chi connectivity index (χ2v) is 7.14. The van der Waals surface area contributed by atoms with Gasteiger partial charge in [-0.15, -0.1) is 0 Å². The van der Waals surface area contributed by atoms with Crippen molar-refractivity contribution in [2.45, 2.75) is 32.3 Å². The van der Waals surface area contributed by atoms with Crippen LogP contribution < -0.4 is 20.3 Å². The summed E-state index contributed by atoms with van der Waals surface area (Å²) in [6.07, 6.45) is 2.36. The molecular weight excluding hydrogens is 354 g/mol. The molecule has 1 unspecified atom stereocenters. The number of fused-ring (bicyclic) bond motifs is 1. The minimum absolute atomic E-state index is 0.151. The summed E-state index contributed by atoms with van der Waals surface area (Å²) in [5.74, 6) is 0.789. The third-order valence-electron chi connectivity index (χ3n) is 4.95. The van der Waals surface area contributed by atoms with Gasteiger partial charge >= 0.3 is 6.03 Å². The zero-order valence-electron chi connectivity index (χ0n) is 16.6. The fourth-order valence-electron chi connectivity index (χ4n) is 3.25. The number of likely N-dealkylation sites (N-methyl/N-ethyl adjacent to an activating group) is 1. The van der Waals surface area contributed by atoms with Gasteiger partial charge < -0.3 is 25.4 Å². The first kappa shape index (κ1) is 20.0. The highest BCUT2D eigenvalue weighted by Gasteiger charge is 2.18. The molecule has 1 aliphatic heterocycles. The van der Waals surface area contributed by atoms with Crippen LogP contribution in [-0.4, -0.2) is 37.9 Å². The van der Waals surface area contributed by atoms with Crippen molar-refractivity contribution in [1.29, 1.82) is 0 Å². The van der Waals surface area contributed by atoms with Crippen LogP contribution in [0.25, 0.3) is 0 Å². The Kier molecular flexibility index (Phi) is 6.76. The Balaban J connectivity index is 1.46. The number of nitrogens with zero attached hydrogens (tertiary/aromatic N) is 1. The average molecular weight is 383 g/mol. The van der Waals surface area contributed by atoms with Crippen molar-refractivity contribution >= 4 is 17.4 Å². The van der Waals surface area contributed by atoms with Crippen molar-refractivity contribution < 1.29 is 14.6 Å². The van der Waals surface area contributed by atoms with Gasteiger partial charge in [0.1, 0.15) is 5.75 Å². The number of amides is 2. The number of carbonyl (C=O) groups is 1. The topological polar surface area (TPSA) is 73.8 Å². The molecule has 0 spiro atoms. The summed E-state index contributed by atoms with van der Waals surface area (Å²) in [6.45, 7) is 3.96. The summed E-state index contributed by atoms with van der Waals surface area (Å²) in [6, 6.07) is 12.9. The molecule has 0 saturated carbocycles. The predicted octanol–water partition coefficient (Wildman–Crippen LogP) is 3.71. The lowest BCUT2D eigenvalue weighted by Gasteiger charge is -2.16. The number of unbranched alkanes of at least 4 members (excludes halogenated alkanes) is 1. The van der Waals surface area contributed by atoms with E-state index >= 15 is 0 Å². The number of anilines is 2. The van der Waals surface area contributed by atoms with Crippen LogP contribution in [0.2, 0.25) is 0 Å². The Hall–Kier alpha value is -2.73. The van der Waals surface area contributed by atoms with E-state index in [4.69, 9.17) is 4.74 Å². The summed E-state index contributed by atoms with van der Waals surface area (Å²) < 4.78 is 5.61. The highest BCUT2D eigenvalue weighted by Crippen LogP contribution is 2.29. The van der Waals surface area contributed by atoms with E-state index in [1.165, 1.54) is 11.3 Å². The van der Waals surface area contributed by atoms with Crippen LogP contribution in [0.15, 0.2) is 42.5 Å². The van der Waals surface area contributed by atoms with Crippen molar-refractivity contribution in [1.82, 2.24) is 5.32 Å². The predicted molar refractivity (Wildman–Crippen MR) is 112 cm³/mol. The molecule has 0 aromatic heterocycles. The zero-order chi connectivity index (χ0) is 19.9. The zero-order valence-corrected chi connectivity index (χ0v) is 16.6. The Morgan fingerprint density at radius 1 is 1.25 bits per heavy atom. The molecule has 6 nitrogen and oxygen atoms in total. The highest BCUT2D eigenvalue weighted by molar-refractivity contribution is 5.89. The van der Waals surface area contributed by atoms with E-state index in [1.54, 1.807) is 12.1 Å². The van der Waals surface area contributed by atoms with Gasteiger partial charge in [0.05, 0.1) is 12.7 Å². The molecule has 2 amide bonds. The van der Waals surface area contributed by atoms with Gasteiger partial charge in [0.15, 0.2) is 0 Å². The number of carbonyl (C=O) groups excluding carboxylic acids is 1. The minimum atomic E-state index is -0.740. The molecule has 0 fully saturated rings. The van der Waals surface area contributed by atoms with Crippen LogP contribution in [-0.2, 0) is 6.42 Å². The summed E-state index contributed by atoms with van der Waals surface area (Å²) in [7, 11) is 2.07. The summed E-state index contributed by atoms with van der Waals surface area (Å²) in [5, 5.41) is 15.9. The van der Waals surface area contributed by atoms with Crippen LogP contribution in [0.4, 0.5) is 16.2 Å². The summed E-state index contributed by atoms with van der Waals surface area (Å²) in [4.78, 5) is 14.3. The molecule has 6 heteroatoms. The number of aliphatic hydroxyl groups excluding tert-OH is 1. The third kappa shape index (κ3) is 5.16. The molecule has 2 aromatic carbocycles. The Labute approximate surface area is 166 Å². The highest BCUT2D eigenvalue weighted by atomic mass is 16.5. The largest absolute Gasteiger partial charge is 0.494 e.